The first kappa shape index (κ1) is 7.32. The van der Waals surface area contributed by atoms with Crippen LogP contribution in [0.3, 0.4) is 0 Å². The minimum Gasteiger partial charge on any atom is -0.146 e. The van der Waals surface area contributed by atoms with Crippen LogP contribution in [0.4, 0.5) is 0 Å². The van der Waals surface area contributed by atoms with Gasteiger partial charge in [0.1, 0.15) is 0 Å². The van der Waals surface area contributed by atoms with E-state index >= 15 is 0 Å². The zero-order valence-corrected chi connectivity index (χ0v) is 8.26. The summed E-state index contributed by atoms with van der Waals surface area (Å²) in [6.45, 7) is 4.51. The van der Waals surface area contributed by atoms with Crippen molar-refractivity contribution in [3.63, 3.8) is 0 Å². The van der Waals surface area contributed by atoms with Crippen LogP contribution >= 0.6 is 22.7 Å². The van der Waals surface area contributed by atoms with Crippen molar-refractivity contribution in [2.45, 2.75) is 19.8 Å². The van der Waals surface area contributed by atoms with E-state index in [-0.39, 0.29) is 0 Å². The predicted octanol–water partition coefficient (Wildman–Crippen LogP) is 4.09. The van der Waals surface area contributed by atoms with E-state index in [1.54, 1.807) is 0 Å². The van der Waals surface area contributed by atoms with E-state index < -0.39 is 0 Å². The van der Waals surface area contributed by atoms with Crippen LogP contribution in [0.15, 0.2) is 16.8 Å². The Kier molecular flexibility index (Phi) is 1.74. The number of hydrogen-bond acceptors (Lipinski definition) is 2. The molecule has 0 radical (unpaired) electrons. The standard InChI is InChI=1S/C9H10S2/c1-6(2)8-9-7(5-11-8)3-4-10-9/h3-6H,1-2H3. The smallest absolute Gasteiger partial charge is 0.0484 e. The van der Waals surface area contributed by atoms with Crippen molar-refractivity contribution in [2.75, 3.05) is 0 Å². The van der Waals surface area contributed by atoms with Crippen molar-refractivity contribution in [3.8, 4) is 0 Å². The van der Waals surface area contributed by atoms with Gasteiger partial charge in [0, 0.05) is 15.0 Å². The Bertz CT molecular complexity index is 354. The SMILES string of the molecule is CC(C)c1scc2ccsc12. The van der Waals surface area contributed by atoms with Gasteiger partial charge in [0.2, 0.25) is 0 Å². The Hall–Kier alpha value is -0.340. The lowest BCUT2D eigenvalue weighted by Gasteiger charge is -1.98. The van der Waals surface area contributed by atoms with Crippen molar-refractivity contribution in [1.29, 1.82) is 0 Å². The average molecular weight is 182 g/mol. The zero-order chi connectivity index (χ0) is 7.84. The second-order valence-corrected chi connectivity index (χ2v) is 4.79. The summed E-state index contributed by atoms with van der Waals surface area (Å²) < 4.78 is 1.49. The molecule has 0 saturated carbocycles. The molecule has 0 aromatic carbocycles. The molecule has 58 valence electrons. The van der Waals surface area contributed by atoms with Crippen LogP contribution in [-0.2, 0) is 0 Å². The van der Waals surface area contributed by atoms with E-state index in [0.717, 1.165) is 0 Å². The molecule has 0 nitrogen and oxygen atoms in total. The highest BCUT2D eigenvalue weighted by molar-refractivity contribution is 7.22. The van der Waals surface area contributed by atoms with Crippen molar-refractivity contribution in [3.05, 3.63) is 21.7 Å². The van der Waals surface area contributed by atoms with Crippen molar-refractivity contribution >= 4 is 32.8 Å². The molecule has 0 aliphatic carbocycles. The number of thiophene rings is 2. The zero-order valence-electron chi connectivity index (χ0n) is 6.63. The predicted molar refractivity (Wildman–Crippen MR) is 53.8 cm³/mol. The number of hydrogen-bond donors (Lipinski definition) is 0. The molecule has 0 atom stereocenters. The topological polar surface area (TPSA) is 0 Å². The van der Waals surface area contributed by atoms with Crippen LogP contribution in [0.1, 0.15) is 24.6 Å². The van der Waals surface area contributed by atoms with Crippen molar-refractivity contribution in [1.82, 2.24) is 0 Å². The second-order valence-electron chi connectivity index (χ2n) is 2.96. The normalized spacial score (nSPS) is 11.5. The lowest BCUT2D eigenvalue weighted by Crippen LogP contribution is -1.78. The third-order valence-corrected chi connectivity index (χ3v) is 4.15. The van der Waals surface area contributed by atoms with Gasteiger partial charge >= 0.3 is 0 Å². The van der Waals surface area contributed by atoms with E-state index in [2.05, 4.69) is 30.7 Å². The van der Waals surface area contributed by atoms with E-state index in [4.69, 9.17) is 0 Å². The number of fused-ring (bicyclic) bond motifs is 1. The van der Waals surface area contributed by atoms with Gasteiger partial charge in [-0.25, -0.2) is 0 Å². The third-order valence-electron chi connectivity index (χ3n) is 1.76. The van der Waals surface area contributed by atoms with Crippen LogP contribution in [0, 0.1) is 0 Å². The first-order chi connectivity index (χ1) is 5.29. The summed E-state index contributed by atoms with van der Waals surface area (Å²) in [6, 6.07) is 2.20. The molecule has 0 saturated heterocycles. The first-order valence-electron chi connectivity index (χ1n) is 3.73. The third kappa shape index (κ3) is 1.10. The Morgan fingerprint density at radius 3 is 2.82 bits per heavy atom. The van der Waals surface area contributed by atoms with Crippen molar-refractivity contribution in [2.24, 2.45) is 0 Å². The Balaban J connectivity index is 2.68. The summed E-state index contributed by atoms with van der Waals surface area (Å²) >= 11 is 3.75. The lowest BCUT2D eigenvalue weighted by molar-refractivity contribution is 0.899. The maximum Gasteiger partial charge on any atom is 0.0484 e. The van der Waals surface area contributed by atoms with Gasteiger partial charge in [0.15, 0.2) is 0 Å². The molecular formula is C9H10S2. The number of rotatable bonds is 1. The summed E-state index contributed by atoms with van der Waals surface area (Å²) in [7, 11) is 0. The highest BCUT2D eigenvalue weighted by Gasteiger charge is 2.07. The molecule has 0 N–H and O–H groups in total. The fourth-order valence-electron chi connectivity index (χ4n) is 1.19. The molecule has 0 amide bonds. The molecule has 0 aliphatic heterocycles. The molecule has 0 unspecified atom stereocenters. The van der Waals surface area contributed by atoms with Gasteiger partial charge < -0.3 is 0 Å². The Labute approximate surface area is 74.5 Å². The lowest BCUT2D eigenvalue weighted by atomic mass is 10.2. The van der Waals surface area contributed by atoms with E-state index in [1.807, 2.05) is 22.7 Å². The van der Waals surface area contributed by atoms with Crippen molar-refractivity contribution < 1.29 is 0 Å². The highest BCUT2D eigenvalue weighted by atomic mass is 32.1. The summed E-state index contributed by atoms with van der Waals surface area (Å²) in [4.78, 5) is 1.54. The van der Waals surface area contributed by atoms with Crippen LogP contribution in [0.5, 0.6) is 0 Å². The molecule has 2 heterocycles. The van der Waals surface area contributed by atoms with E-state index in [9.17, 15) is 0 Å². The summed E-state index contributed by atoms with van der Waals surface area (Å²) in [6.07, 6.45) is 0. The fraction of sp³-hybridized carbons (Fsp3) is 0.333. The largest absolute Gasteiger partial charge is 0.146 e. The molecule has 2 rings (SSSR count). The molecule has 2 aromatic rings. The van der Waals surface area contributed by atoms with Gasteiger partial charge in [-0.15, -0.1) is 22.7 Å². The van der Waals surface area contributed by atoms with Crippen LogP contribution < -0.4 is 0 Å². The van der Waals surface area contributed by atoms with Gasteiger partial charge in [-0.05, 0) is 22.7 Å². The first-order valence-corrected chi connectivity index (χ1v) is 5.49. The minimum atomic E-state index is 0.677. The molecular weight excluding hydrogens is 172 g/mol. The van der Waals surface area contributed by atoms with Gasteiger partial charge in [0.05, 0.1) is 0 Å². The van der Waals surface area contributed by atoms with E-state index in [1.165, 1.54) is 15.0 Å². The molecule has 0 bridgehead atoms. The van der Waals surface area contributed by atoms with Gasteiger partial charge in [-0.1, -0.05) is 13.8 Å². The average Bonchev–Trinajstić information content (AvgIpc) is 2.41. The van der Waals surface area contributed by atoms with Gasteiger partial charge in [-0.2, -0.15) is 0 Å². The molecule has 2 aromatic heterocycles. The van der Waals surface area contributed by atoms with Crippen LogP contribution in [0.25, 0.3) is 10.1 Å². The van der Waals surface area contributed by atoms with E-state index in [0.29, 0.717) is 5.92 Å². The second kappa shape index (κ2) is 2.61. The highest BCUT2D eigenvalue weighted by Crippen LogP contribution is 2.35. The molecule has 0 aliphatic rings. The molecule has 0 spiro atoms. The fourth-order valence-corrected chi connectivity index (χ4v) is 3.47. The summed E-state index contributed by atoms with van der Waals surface area (Å²) in [5.74, 6) is 0.677. The monoisotopic (exact) mass is 182 g/mol. The summed E-state index contributed by atoms with van der Waals surface area (Å²) in [5.41, 5.74) is 0. The minimum absolute atomic E-state index is 0.677. The Morgan fingerprint density at radius 2 is 2.09 bits per heavy atom. The quantitative estimate of drug-likeness (QED) is 0.623. The summed E-state index contributed by atoms with van der Waals surface area (Å²) in [5, 5.41) is 5.84. The molecule has 11 heavy (non-hydrogen) atoms. The van der Waals surface area contributed by atoms with Gasteiger partial charge in [0.25, 0.3) is 0 Å². The maximum atomic E-state index is 2.25. The Morgan fingerprint density at radius 1 is 1.27 bits per heavy atom. The molecule has 2 heteroatoms. The maximum absolute atomic E-state index is 2.25. The van der Waals surface area contributed by atoms with Crippen LogP contribution in [-0.4, -0.2) is 0 Å². The van der Waals surface area contributed by atoms with Crippen LogP contribution in [0.2, 0.25) is 0 Å². The molecule has 0 fully saturated rings. The van der Waals surface area contributed by atoms with Gasteiger partial charge in [-0.3, -0.25) is 0 Å².